The van der Waals surface area contributed by atoms with E-state index in [1.807, 2.05) is 6.92 Å². The SMILES string of the molecule is CC1CN(c2ncc(CNC3COc4nc([N+](=O)[O-])cn4C3)cn2)CCN1c1ccc(OC(F)(F)F)cc1. The van der Waals surface area contributed by atoms with E-state index in [1.54, 1.807) is 29.1 Å². The lowest BCUT2D eigenvalue weighted by Crippen LogP contribution is -2.52. The largest absolute Gasteiger partial charge is 0.573 e. The highest BCUT2D eigenvalue weighted by Crippen LogP contribution is 2.28. The van der Waals surface area contributed by atoms with Crippen LogP contribution >= 0.6 is 0 Å². The normalized spacial score (nSPS) is 19.6. The monoisotopic (exact) mass is 534 g/mol. The Hall–Kier alpha value is -4.14. The highest BCUT2D eigenvalue weighted by molar-refractivity contribution is 5.52. The maximum atomic E-state index is 12.4. The fourth-order valence-corrected chi connectivity index (χ4v) is 4.54. The van der Waals surface area contributed by atoms with Gasteiger partial charge in [0.2, 0.25) is 5.95 Å². The van der Waals surface area contributed by atoms with Crippen molar-refractivity contribution in [2.45, 2.75) is 38.5 Å². The number of ether oxygens (including phenoxy) is 2. The summed E-state index contributed by atoms with van der Waals surface area (Å²) in [7, 11) is 0. The van der Waals surface area contributed by atoms with Gasteiger partial charge in [0.15, 0.2) is 0 Å². The number of aromatic nitrogens is 4. The number of nitrogens with one attached hydrogen (secondary N) is 1. The van der Waals surface area contributed by atoms with Gasteiger partial charge < -0.3 is 34.7 Å². The van der Waals surface area contributed by atoms with Crippen LogP contribution in [0.3, 0.4) is 0 Å². The number of hydrogen-bond donors (Lipinski definition) is 1. The molecule has 12 nitrogen and oxygen atoms in total. The van der Waals surface area contributed by atoms with Gasteiger partial charge in [-0.2, -0.15) is 0 Å². The first-order valence-electron chi connectivity index (χ1n) is 11.9. The summed E-state index contributed by atoms with van der Waals surface area (Å²) < 4.78 is 48.3. The van der Waals surface area contributed by atoms with E-state index in [0.717, 1.165) is 11.3 Å². The van der Waals surface area contributed by atoms with Gasteiger partial charge in [-0.05, 0) is 36.1 Å². The summed E-state index contributed by atoms with van der Waals surface area (Å²) in [6.45, 7) is 5.33. The van der Waals surface area contributed by atoms with Gasteiger partial charge in [0, 0.05) is 67.4 Å². The van der Waals surface area contributed by atoms with Crippen LogP contribution in [-0.4, -0.2) is 69.1 Å². The maximum Gasteiger partial charge on any atom is 0.573 e. The molecule has 1 aromatic carbocycles. The van der Waals surface area contributed by atoms with Crippen LogP contribution in [0.4, 0.5) is 30.6 Å². The van der Waals surface area contributed by atoms with Crippen molar-refractivity contribution in [1.29, 1.82) is 0 Å². The number of alkyl halides is 3. The smallest absolute Gasteiger partial charge is 0.444 e. The molecule has 0 radical (unpaired) electrons. The van der Waals surface area contributed by atoms with E-state index in [9.17, 15) is 23.3 Å². The molecule has 2 atom stereocenters. The van der Waals surface area contributed by atoms with Crippen molar-refractivity contribution in [3.05, 3.63) is 58.5 Å². The van der Waals surface area contributed by atoms with E-state index in [4.69, 9.17) is 4.74 Å². The third-order valence-electron chi connectivity index (χ3n) is 6.34. The predicted octanol–water partition coefficient (Wildman–Crippen LogP) is 2.75. The maximum absolute atomic E-state index is 12.4. The molecular weight excluding hydrogens is 509 g/mol. The Bertz CT molecular complexity index is 1270. The highest BCUT2D eigenvalue weighted by Gasteiger charge is 2.31. The Balaban J connectivity index is 1.12. The summed E-state index contributed by atoms with van der Waals surface area (Å²) in [6, 6.07) is 6.14. The number of hydrogen-bond acceptors (Lipinski definition) is 10. The van der Waals surface area contributed by atoms with Crippen LogP contribution in [0.15, 0.2) is 42.9 Å². The fourth-order valence-electron chi connectivity index (χ4n) is 4.54. The molecule has 1 fully saturated rings. The number of piperazine rings is 1. The van der Waals surface area contributed by atoms with Crippen LogP contribution in [0, 0.1) is 10.1 Å². The van der Waals surface area contributed by atoms with Crippen LogP contribution in [0.25, 0.3) is 0 Å². The van der Waals surface area contributed by atoms with E-state index < -0.39 is 11.3 Å². The second kappa shape index (κ2) is 10.3. The molecule has 38 heavy (non-hydrogen) atoms. The lowest BCUT2D eigenvalue weighted by atomic mass is 10.1. The summed E-state index contributed by atoms with van der Waals surface area (Å²) >= 11 is 0. The molecule has 0 bridgehead atoms. The lowest BCUT2D eigenvalue weighted by Gasteiger charge is -2.41. The van der Waals surface area contributed by atoms with Crippen molar-refractivity contribution in [3.63, 3.8) is 0 Å². The molecule has 15 heteroatoms. The number of benzene rings is 1. The summed E-state index contributed by atoms with van der Waals surface area (Å²) in [6.07, 6.45) is 0.150. The van der Waals surface area contributed by atoms with Crippen LogP contribution in [-0.2, 0) is 13.1 Å². The van der Waals surface area contributed by atoms with Crippen molar-refractivity contribution < 1.29 is 27.6 Å². The van der Waals surface area contributed by atoms with Crippen LogP contribution in [0.1, 0.15) is 12.5 Å². The second-order valence-electron chi connectivity index (χ2n) is 9.10. The quantitative estimate of drug-likeness (QED) is 0.357. The molecule has 0 spiro atoms. The average molecular weight is 534 g/mol. The standard InChI is InChI=1S/C23H25F3N8O4/c1-15-11-31(6-7-33(15)18-2-4-19(5-3-18)38-23(24,25)26)21-28-9-16(10-29-21)8-27-17-12-32-13-20(34(35)36)30-22(32)37-14-17/h2-5,9-10,13,15,17,27H,6-8,11-12,14H2,1H3. The van der Waals surface area contributed by atoms with E-state index in [1.165, 1.54) is 18.3 Å². The molecule has 4 heterocycles. The van der Waals surface area contributed by atoms with Gasteiger partial charge in [-0.15, -0.1) is 13.2 Å². The average Bonchev–Trinajstić information content (AvgIpc) is 3.31. The first-order valence-corrected chi connectivity index (χ1v) is 11.9. The number of imidazole rings is 1. The molecule has 202 valence electrons. The van der Waals surface area contributed by atoms with Crippen molar-refractivity contribution in [3.8, 4) is 11.8 Å². The molecule has 0 amide bonds. The van der Waals surface area contributed by atoms with E-state index in [0.29, 0.717) is 45.3 Å². The molecule has 0 saturated carbocycles. The molecule has 1 N–H and O–H groups in total. The number of halogens is 3. The molecule has 2 aromatic heterocycles. The van der Waals surface area contributed by atoms with Gasteiger partial charge in [0.05, 0.1) is 6.04 Å². The Morgan fingerprint density at radius 2 is 1.92 bits per heavy atom. The van der Waals surface area contributed by atoms with Gasteiger partial charge in [0.25, 0.3) is 0 Å². The summed E-state index contributed by atoms with van der Waals surface area (Å²) in [5.74, 6) is 0.112. The van der Waals surface area contributed by atoms with Crippen molar-refractivity contribution in [2.24, 2.45) is 0 Å². The molecule has 3 aromatic rings. The first-order chi connectivity index (χ1) is 18.1. The Morgan fingerprint density at radius 3 is 2.58 bits per heavy atom. The number of fused-ring (bicyclic) bond motifs is 1. The molecular formula is C23H25F3N8O4. The molecule has 2 unspecified atom stereocenters. The van der Waals surface area contributed by atoms with Gasteiger partial charge in [-0.1, -0.05) is 0 Å². The van der Waals surface area contributed by atoms with Crippen molar-refractivity contribution in [1.82, 2.24) is 24.8 Å². The summed E-state index contributed by atoms with van der Waals surface area (Å²) in [5, 5.41) is 14.3. The molecule has 1 saturated heterocycles. The molecule has 2 aliphatic rings. The first kappa shape index (κ1) is 25.5. The second-order valence-corrected chi connectivity index (χ2v) is 9.10. The van der Waals surface area contributed by atoms with Gasteiger partial charge in [0.1, 0.15) is 18.6 Å². The summed E-state index contributed by atoms with van der Waals surface area (Å²) in [5.41, 5.74) is 1.70. The third kappa shape index (κ3) is 5.88. The minimum absolute atomic E-state index is 0.0565. The number of nitro groups is 1. The lowest BCUT2D eigenvalue weighted by molar-refractivity contribution is -0.389. The Kier molecular flexibility index (Phi) is 6.93. The molecule has 0 aliphatic carbocycles. The van der Waals surface area contributed by atoms with Crippen LogP contribution in [0.2, 0.25) is 0 Å². The summed E-state index contributed by atoms with van der Waals surface area (Å²) in [4.78, 5) is 27.4. The van der Waals surface area contributed by atoms with E-state index in [2.05, 4.69) is 34.8 Å². The topological polar surface area (TPSA) is 124 Å². The Labute approximate surface area is 215 Å². The van der Waals surface area contributed by atoms with Crippen LogP contribution < -0.4 is 24.6 Å². The number of nitrogens with zero attached hydrogens (tertiary/aromatic N) is 7. The van der Waals surface area contributed by atoms with Crippen molar-refractivity contribution >= 4 is 17.5 Å². The Morgan fingerprint density at radius 1 is 1.18 bits per heavy atom. The molecule has 5 rings (SSSR count). The number of anilines is 2. The van der Waals surface area contributed by atoms with E-state index in [-0.39, 0.29) is 29.7 Å². The zero-order chi connectivity index (χ0) is 26.9. The third-order valence-corrected chi connectivity index (χ3v) is 6.34. The van der Waals surface area contributed by atoms with E-state index >= 15 is 0 Å². The predicted molar refractivity (Wildman–Crippen MR) is 129 cm³/mol. The fraction of sp³-hybridized carbons (Fsp3) is 0.435. The van der Waals surface area contributed by atoms with Gasteiger partial charge in [-0.25, -0.2) is 9.97 Å². The van der Waals surface area contributed by atoms with Gasteiger partial charge in [-0.3, -0.25) is 4.57 Å². The van der Waals surface area contributed by atoms with Crippen LogP contribution in [0.5, 0.6) is 11.8 Å². The minimum atomic E-state index is -4.72. The zero-order valence-electron chi connectivity index (χ0n) is 20.3. The minimum Gasteiger partial charge on any atom is -0.444 e. The van der Waals surface area contributed by atoms with Crippen molar-refractivity contribution in [2.75, 3.05) is 36.0 Å². The zero-order valence-corrected chi connectivity index (χ0v) is 20.3. The highest BCUT2D eigenvalue weighted by atomic mass is 19.4. The molecule has 2 aliphatic heterocycles. The number of rotatable bonds is 7. The van der Waals surface area contributed by atoms with Gasteiger partial charge >= 0.3 is 18.2 Å².